The molecule has 8 aromatic carbocycles. The molecular formula is C73H75N11O9. The Labute approximate surface area is 540 Å². The van der Waals surface area contributed by atoms with Crippen LogP contribution in [0.5, 0.6) is 0 Å². The summed E-state index contributed by atoms with van der Waals surface area (Å²) in [6.07, 6.45) is 1.70. The number of anilines is 8. The molecule has 0 aliphatic carbocycles. The van der Waals surface area contributed by atoms with E-state index in [1.807, 2.05) is 133 Å². The van der Waals surface area contributed by atoms with Crippen LogP contribution in [0.4, 0.5) is 59.9 Å². The van der Waals surface area contributed by atoms with Crippen molar-refractivity contribution < 1.29 is 43.2 Å². The minimum atomic E-state index is -1.55. The SMILES string of the molecule is CC(C)(C(=O)NCCN(CCNC(=O)C(C)(C)C(=O)Nc1ccc(Cc2ccc(NC(=O)Nc3ccccc3)cc2)cc1)C(=O)Nc1ccc(Cc2ccc(N3C(=O)C(C)(C)C3=O)cc2)cc1)C(=O)Nc1ccc(Cc2ccc(NC(=O)Nc3ccccc3)cc2)cc1. The van der Waals surface area contributed by atoms with Gasteiger partial charge in [0, 0.05) is 66.0 Å². The van der Waals surface area contributed by atoms with Gasteiger partial charge in [0.2, 0.25) is 35.4 Å². The zero-order valence-electron chi connectivity index (χ0n) is 52.6. The van der Waals surface area contributed by atoms with E-state index in [4.69, 9.17) is 0 Å². The second kappa shape index (κ2) is 29.5. The van der Waals surface area contributed by atoms with E-state index < -0.39 is 45.9 Å². The number of amides is 12. The lowest BCUT2D eigenvalue weighted by atomic mass is 9.81. The maximum atomic E-state index is 14.1. The van der Waals surface area contributed by atoms with Gasteiger partial charge in [0.15, 0.2) is 0 Å². The Balaban J connectivity index is 0.769. The van der Waals surface area contributed by atoms with E-state index in [0.29, 0.717) is 64.8 Å². The van der Waals surface area contributed by atoms with Crippen molar-refractivity contribution >= 4 is 99.0 Å². The van der Waals surface area contributed by atoms with E-state index in [1.54, 1.807) is 86.6 Å². The molecule has 0 spiro atoms. The van der Waals surface area contributed by atoms with Crippen molar-refractivity contribution in [3.63, 3.8) is 0 Å². The fourth-order valence-corrected chi connectivity index (χ4v) is 9.90. The van der Waals surface area contributed by atoms with E-state index in [0.717, 1.165) is 33.4 Å². The van der Waals surface area contributed by atoms with Crippen molar-refractivity contribution in [3.8, 4) is 0 Å². The molecule has 0 bridgehead atoms. The van der Waals surface area contributed by atoms with Crippen LogP contribution in [-0.4, -0.2) is 84.6 Å². The Bertz CT molecular complexity index is 3790. The Morgan fingerprint density at radius 1 is 0.355 bits per heavy atom. The van der Waals surface area contributed by atoms with E-state index in [1.165, 1.54) is 37.5 Å². The number of β-lactam (4-membered cyclic amide) rings is 2. The van der Waals surface area contributed by atoms with Crippen LogP contribution >= 0.6 is 0 Å². The molecule has 8 aromatic rings. The standard InChI is InChI=1S/C73H75N11O9/c1-71(2,64(87)76-56-29-17-48(18-30-56)45-50-21-33-58(34-22-50)80-68(91)78-54-13-9-7-10-14-54)62(85)74-41-43-83(70(93)82-60-37-25-52(26-38-60)47-53-27-39-61(40-28-53)84-66(89)73(5,6)67(84)90)44-42-75-63(86)72(3,4)65(88)77-57-31-19-49(20-32-57)46-51-23-35-59(36-24-51)81-69(92)79-55-15-11-8-12-16-55/h7-40H,41-47H2,1-6H3,(H,74,85)(H,75,86)(H,76,87)(H,77,88)(H,82,93)(H2,78,80,91)(H2,79,81,92). The first-order valence-electron chi connectivity index (χ1n) is 30.4. The highest BCUT2D eigenvalue weighted by Crippen LogP contribution is 2.37. The molecule has 0 radical (unpaired) electrons. The number of hydrogen-bond donors (Lipinski definition) is 9. The van der Waals surface area contributed by atoms with Gasteiger partial charge in [0.05, 0.1) is 5.69 Å². The molecule has 0 unspecified atom stereocenters. The van der Waals surface area contributed by atoms with Crippen LogP contribution in [0.3, 0.4) is 0 Å². The summed E-state index contributed by atoms with van der Waals surface area (Å²) in [5.41, 5.74) is 6.23. The smallest absolute Gasteiger partial charge is 0.323 e. The van der Waals surface area contributed by atoms with Crippen LogP contribution in [0.2, 0.25) is 0 Å². The molecule has 0 saturated carbocycles. The van der Waals surface area contributed by atoms with Crippen molar-refractivity contribution in [1.29, 1.82) is 0 Å². The summed E-state index contributed by atoms with van der Waals surface area (Å²) < 4.78 is 0. The average Bonchev–Trinajstić information content (AvgIpc) is 0.746. The predicted octanol–water partition coefficient (Wildman–Crippen LogP) is 12.0. The summed E-state index contributed by atoms with van der Waals surface area (Å²) in [6.45, 7) is 9.01. The first kappa shape index (κ1) is 66.0. The quantitative estimate of drug-likeness (QED) is 0.0205. The van der Waals surface area contributed by atoms with Gasteiger partial charge in [-0.05, 0) is 191 Å². The molecule has 0 atom stereocenters. The van der Waals surface area contributed by atoms with E-state index in [2.05, 4.69) is 47.9 Å². The topological polar surface area (TPSA) is 268 Å². The van der Waals surface area contributed by atoms with Gasteiger partial charge in [-0.25, -0.2) is 19.3 Å². The lowest BCUT2D eigenvalue weighted by Gasteiger charge is -2.41. The molecule has 1 saturated heterocycles. The number of imide groups is 1. The van der Waals surface area contributed by atoms with E-state index in [-0.39, 0.29) is 50.1 Å². The lowest BCUT2D eigenvalue weighted by molar-refractivity contribution is -0.150. The fourth-order valence-electron chi connectivity index (χ4n) is 9.90. The number of carbonyl (C=O) groups is 9. The van der Waals surface area contributed by atoms with Crippen molar-refractivity contribution in [3.05, 3.63) is 240 Å². The molecule has 20 heteroatoms. The molecule has 9 rings (SSSR count). The van der Waals surface area contributed by atoms with Crippen LogP contribution in [0.15, 0.2) is 206 Å². The number of rotatable bonds is 24. The first-order valence-corrected chi connectivity index (χ1v) is 30.4. The van der Waals surface area contributed by atoms with Crippen LogP contribution in [-0.2, 0) is 48.0 Å². The Kier molecular flexibility index (Phi) is 20.9. The van der Waals surface area contributed by atoms with Gasteiger partial charge in [-0.3, -0.25) is 28.8 Å². The highest BCUT2D eigenvalue weighted by Gasteiger charge is 2.54. The number of nitrogens with zero attached hydrogens (tertiary/aromatic N) is 2. The summed E-state index contributed by atoms with van der Waals surface area (Å²) in [5, 5.41) is 25.4. The predicted molar refractivity (Wildman–Crippen MR) is 363 cm³/mol. The summed E-state index contributed by atoms with van der Waals surface area (Å²) in [4.78, 5) is 122. The van der Waals surface area contributed by atoms with Gasteiger partial charge in [0.1, 0.15) is 16.2 Å². The zero-order chi connectivity index (χ0) is 66.3. The molecule has 1 heterocycles. The number of para-hydroxylation sites is 2. The molecule has 93 heavy (non-hydrogen) atoms. The number of hydrogen-bond acceptors (Lipinski definition) is 9. The first-order chi connectivity index (χ1) is 44.5. The molecule has 0 aromatic heterocycles. The third-order valence-corrected chi connectivity index (χ3v) is 15.9. The summed E-state index contributed by atoms with van der Waals surface area (Å²) in [6, 6.07) is 60.9. The molecule has 20 nitrogen and oxygen atoms in total. The third kappa shape index (κ3) is 17.5. The monoisotopic (exact) mass is 1250 g/mol. The van der Waals surface area contributed by atoms with E-state index in [9.17, 15) is 43.2 Å². The van der Waals surface area contributed by atoms with Crippen molar-refractivity contribution in [2.24, 2.45) is 16.2 Å². The summed E-state index contributed by atoms with van der Waals surface area (Å²) in [5.74, 6) is -2.80. The van der Waals surface area contributed by atoms with Gasteiger partial charge < -0.3 is 52.8 Å². The average molecular weight is 1250 g/mol. The molecule has 1 aliphatic heterocycles. The van der Waals surface area contributed by atoms with Gasteiger partial charge >= 0.3 is 18.1 Å². The summed E-state index contributed by atoms with van der Waals surface area (Å²) in [7, 11) is 0. The molecular weight excluding hydrogens is 1170 g/mol. The van der Waals surface area contributed by atoms with Crippen LogP contribution in [0.25, 0.3) is 0 Å². The van der Waals surface area contributed by atoms with Gasteiger partial charge in [0.25, 0.3) is 0 Å². The maximum absolute atomic E-state index is 14.1. The van der Waals surface area contributed by atoms with Crippen molar-refractivity contribution in [2.75, 3.05) is 68.3 Å². The Morgan fingerprint density at radius 2 is 0.624 bits per heavy atom. The fraction of sp³-hybridized carbons (Fsp3) is 0.219. The number of urea groups is 3. The minimum Gasteiger partial charge on any atom is -0.353 e. The highest BCUT2D eigenvalue weighted by molar-refractivity contribution is 6.35. The number of carbonyl (C=O) groups excluding carboxylic acids is 9. The second-order valence-corrected chi connectivity index (χ2v) is 24.2. The van der Waals surface area contributed by atoms with Crippen molar-refractivity contribution in [2.45, 2.75) is 60.8 Å². The number of benzene rings is 8. The Morgan fingerprint density at radius 3 is 0.935 bits per heavy atom. The van der Waals surface area contributed by atoms with Gasteiger partial charge in [-0.15, -0.1) is 0 Å². The highest BCUT2D eigenvalue weighted by atomic mass is 16.2. The second-order valence-electron chi connectivity index (χ2n) is 24.2. The normalized spacial score (nSPS) is 12.5. The zero-order valence-corrected chi connectivity index (χ0v) is 52.6. The largest absolute Gasteiger partial charge is 0.353 e. The lowest BCUT2D eigenvalue weighted by Crippen LogP contribution is -2.63. The molecule has 1 fully saturated rings. The van der Waals surface area contributed by atoms with Gasteiger partial charge in [-0.1, -0.05) is 109 Å². The van der Waals surface area contributed by atoms with Crippen LogP contribution in [0, 0.1) is 16.2 Å². The summed E-state index contributed by atoms with van der Waals surface area (Å²) >= 11 is 0. The Hall–Kier alpha value is -11.4. The van der Waals surface area contributed by atoms with E-state index >= 15 is 0 Å². The third-order valence-electron chi connectivity index (χ3n) is 15.9. The molecule has 12 amide bonds. The van der Waals surface area contributed by atoms with Gasteiger partial charge in [-0.2, -0.15) is 0 Å². The molecule has 1 aliphatic rings. The molecule has 9 N–H and O–H groups in total. The maximum Gasteiger partial charge on any atom is 0.323 e. The minimum absolute atomic E-state index is 0.0358. The number of nitrogens with one attached hydrogen (secondary N) is 9. The van der Waals surface area contributed by atoms with Crippen LogP contribution in [0.1, 0.15) is 74.9 Å². The van der Waals surface area contributed by atoms with Crippen LogP contribution < -0.4 is 52.8 Å². The molecule has 476 valence electrons. The van der Waals surface area contributed by atoms with Crippen molar-refractivity contribution in [1.82, 2.24) is 15.5 Å².